The number of benzene rings is 2. The van der Waals surface area contributed by atoms with Crippen molar-refractivity contribution in [1.29, 1.82) is 0 Å². The molecule has 2 aromatic rings. The van der Waals surface area contributed by atoms with E-state index in [2.05, 4.69) is 9.99 Å². The Labute approximate surface area is 221 Å². The normalized spacial score (nSPS) is 17.8. The van der Waals surface area contributed by atoms with Gasteiger partial charge in [-0.15, -0.1) is 0 Å². The van der Waals surface area contributed by atoms with E-state index in [1.54, 1.807) is 0 Å². The molecule has 0 saturated heterocycles. The van der Waals surface area contributed by atoms with Crippen LogP contribution in [0.3, 0.4) is 0 Å². The number of hydrogen-bond donors (Lipinski definition) is 2. The quantitative estimate of drug-likeness (QED) is 0.393. The number of hydrazine groups is 1. The fourth-order valence-corrected chi connectivity index (χ4v) is 4.42. The van der Waals surface area contributed by atoms with Gasteiger partial charge in [-0.2, -0.15) is 26.3 Å². The smallest absolute Gasteiger partial charge is 0.374 e. The summed E-state index contributed by atoms with van der Waals surface area (Å²) in [5.41, 5.74) is -3.26. The molecule has 8 nitrogen and oxygen atoms in total. The van der Waals surface area contributed by atoms with Crippen molar-refractivity contribution in [2.24, 2.45) is 5.16 Å². The summed E-state index contributed by atoms with van der Waals surface area (Å²) >= 11 is 5.48. The largest absolute Gasteiger partial charge is 0.435 e. The van der Waals surface area contributed by atoms with Crippen molar-refractivity contribution in [1.82, 2.24) is 10.9 Å². The minimum Gasteiger partial charge on any atom is -0.374 e. The molecule has 0 bridgehead atoms. The van der Waals surface area contributed by atoms with E-state index in [0.29, 0.717) is 0 Å². The summed E-state index contributed by atoms with van der Waals surface area (Å²) in [7, 11) is -3.67. The van der Waals surface area contributed by atoms with E-state index < -0.39 is 79.5 Å². The number of carbonyl (C=O) groups excluding carboxylic acids is 2. The SMILES string of the molecule is Cc1cc(C2=NOC(c3cc(C(F)(F)F)cc(Cl)c3F)(C(F)(F)F)C2)ccc1C(=O)NNC(=O)CS(C)(=O)=O. The summed E-state index contributed by atoms with van der Waals surface area (Å²) in [6.07, 6.45) is -11.0. The van der Waals surface area contributed by atoms with Crippen molar-refractivity contribution in [2.75, 3.05) is 12.0 Å². The van der Waals surface area contributed by atoms with E-state index in [0.717, 1.165) is 18.4 Å². The Bertz CT molecular complexity index is 1480. The summed E-state index contributed by atoms with van der Waals surface area (Å²) < 4.78 is 119. The highest BCUT2D eigenvalue weighted by Gasteiger charge is 2.64. The number of aryl methyl sites for hydroxylation is 1. The zero-order chi connectivity index (χ0) is 29.6. The number of rotatable bonds is 5. The van der Waals surface area contributed by atoms with Gasteiger partial charge in [0, 0.05) is 17.4 Å². The predicted octanol–water partition coefficient (Wildman–Crippen LogP) is 4.19. The lowest BCUT2D eigenvalue weighted by molar-refractivity contribution is -0.276. The molecule has 39 heavy (non-hydrogen) atoms. The average molecular weight is 604 g/mol. The van der Waals surface area contributed by atoms with Crippen LogP contribution in [0.15, 0.2) is 35.5 Å². The fourth-order valence-electron chi connectivity index (χ4n) is 3.65. The zero-order valence-corrected chi connectivity index (χ0v) is 21.3. The van der Waals surface area contributed by atoms with Crippen molar-refractivity contribution in [3.05, 3.63) is 69.0 Å². The van der Waals surface area contributed by atoms with Gasteiger partial charge >= 0.3 is 12.4 Å². The van der Waals surface area contributed by atoms with Gasteiger partial charge in [0.05, 0.1) is 22.7 Å². The summed E-state index contributed by atoms with van der Waals surface area (Å²) in [5, 5.41) is 2.17. The molecule has 0 spiro atoms. The first kappa shape index (κ1) is 30.1. The Balaban J connectivity index is 1.90. The highest BCUT2D eigenvalue weighted by molar-refractivity contribution is 7.91. The number of carbonyl (C=O) groups is 2. The van der Waals surface area contributed by atoms with Crippen LogP contribution >= 0.6 is 11.6 Å². The topological polar surface area (TPSA) is 114 Å². The van der Waals surface area contributed by atoms with Crippen molar-refractivity contribution in [3.8, 4) is 0 Å². The summed E-state index contributed by atoms with van der Waals surface area (Å²) in [4.78, 5) is 28.5. The number of nitrogens with one attached hydrogen (secondary N) is 2. The standard InChI is InChI=1S/C22H17ClF7N3O5S/c1-10-5-11(3-4-13(10)19(35)32-31-17(34)9-39(2,36)37)16-8-20(38-33-16,22(28,29)30)14-6-12(21(25,26)27)7-15(23)18(14)24/h3-7H,8-9H2,1-2H3,(H,31,34)(H,32,35). The van der Waals surface area contributed by atoms with Crippen LogP contribution in [0.25, 0.3) is 0 Å². The second-order valence-electron chi connectivity index (χ2n) is 8.55. The second kappa shape index (κ2) is 10.3. The maximum absolute atomic E-state index is 14.7. The molecule has 212 valence electrons. The lowest BCUT2D eigenvalue weighted by Gasteiger charge is -2.30. The first-order valence-corrected chi connectivity index (χ1v) is 13.0. The van der Waals surface area contributed by atoms with E-state index in [1.165, 1.54) is 13.0 Å². The number of oxime groups is 1. The molecule has 3 rings (SSSR count). The molecular formula is C22H17ClF7N3O5S. The fraction of sp³-hybridized carbons (Fsp3) is 0.318. The molecule has 1 aliphatic rings. The van der Waals surface area contributed by atoms with Crippen molar-refractivity contribution in [3.63, 3.8) is 0 Å². The number of nitrogens with zero attached hydrogens (tertiary/aromatic N) is 1. The molecule has 1 aliphatic heterocycles. The molecular weight excluding hydrogens is 587 g/mol. The first-order valence-electron chi connectivity index (χ1n) is 10.5. The monoisotopic (exact) mass is 603 g/mol. The summed E-state index contributed by atoms with van der Waals surface area (Å²) in [5.74, 6) is -4.58. The van der Waals surface area contributed by atoms with Crippen molar-refractivity contribution >= 4 is 39.0 Å². The Kier molecular flexibility index (Phi) is 7.96. The molecule has 2 amide bonds. The van der Waals surface area contributed by atoms with Crippen LogP contribution in [0.4, 0.5) is 30.7 Å². The molecule has 1 unspecified atom stereocenters. The predicted molar refractivity (Wildman–Crippen MR) is 123 cm³/mol. The Morgan fingerprint density at radius 3 is 2.28 bits per heavy atom. The van der Waals surface area contributed by atoms with Gasteiger partial charge in [-0.05, 0) is 42.3 Å². The zero-order valence-electron chi connectivity index (χ0n) is 19.7. The van der Waals surface area contributed by atoms with E-state index in [9.17, 15) is 48.7 Å². The van der Waals surface area contributed by atoms with E-state index in [-0.39, 0.29) is 28.8 Å². The Morgan fingerprint density at radius 2 is 1.74 bits per heavy atom. The van der Waals surface area contributed by atoms with E-state index in [1.807, 2.05) is 10.9 Å². The Hall–Kier alpha value is -3.40. The molecule has 1 heterocycles. The molecule has 17 heteroatoms. The molecule has 0 radical (unpaired) electrons. The third kappa shape index (κ3) is 6.43. The van der Waals surface area contributed by atoms with Gasteiger partial charge in [0.1, 0.15) is 11.6 Å². The lowest BCUT2D eigenvalue weighted by atomic mass is 9.85. The number of alkyl halides is 6. The van der Waals surface area contributed by atoms with Crippen LogP contribution in [0.1, 0.15) is 39.0 Å². The maximum atomic E-state index is 14.7. The van der Waals surface area contributed by atoms with Gasteiger partial charge < -0.3 is 4.84 Å². The Morgan fingerprint density at radius 1 is 1.10 bits per heavy atom. The van der Waals surface area contributed by atoms with Gasteiger partial charge in [0.25, 0.3) is 17.4 Å². The molecule has 1 atom stereocenters. The molecule has 2 N–H and O–H groups in total. The molecule has 0 aliphatic carbocycles. The van der Waals surface area contributed by atoms with E-state index >= 15 is 0 Å². The number of halogens is 8. The molecule has 0 saturated carbocycles. The molecule has 0 fully saturated rings. The van der Waals surface area contributed by atoms with Gasteiger partial charge in [0.15, 0.2) is 9.84 Å². The van der Waals surface area contributed by atoms with Gasteiger partial charge in [-0.1, -0.05) is 22.8 Å². The van der Waals surface area contributed by atoms with Crippen LogP contribution in [0.5, 0.6) is 0 Å². The van der Waals surface area contributed by atoms with Crippen LogP contribution in [-0.2, 0) is 31.2 Å². The van der Waals surface area contributed by atoms with Crippen molar-refractivity contribution < 1.29 is 53.6 Å². The minimum absolute atomic E-state index is 0.0326. The third-order valence-corrected chi connectivity index (χ3v) is 6.55. The van der Waals surface area contributed by atoms with Crippen LogP contribution in [-0.4, -0.2) is 44.1 Å². The highest BCUT2D eigenvalue weighted by Crippen LogP contribution is 2.51. The van der Waals surface area contributed by atoms with Crippen LogP contribution < -0.4 is 10.9 Å². The van der Waals surface area contributed by atoms with Gasteiger partial charge in [-0.25, -0.2) is 12.8 Å². The number of hydrogen-bond acceptors (Lipinski definition) is 6. The minimum atomic E-state index is -5.44. The first-order chi connectivity index (χ1) is 17.7. The van der Waals surface area contributed by atoms with Gasteiger partial charge in [0.2, 0.25) is 0 Å². The van der Waals surface area contributed by atoms with Crippen molar-refractivity contribution in [2.45, 2.75) is 31.3 Å². The summed E-state index contributed by atoms with van der Waals surface area (Å²) in [6.45, 7) is 1.37. The molecule has 0 aromatic heterocycles. The maximum Gasteiger partial charge on any atom is 0.435 e. The average Bonchev–Trinajstić information content (AvgIpc) is 3.24. The number of sulfone groups is 1. The van der Waals surface area contributed by atoms with Crippen LogP contribution in [0, 0.1) is 12.7 Å². The van der Waals surface area contributed by atoms with E-state index in [4.69, 9.17) is 11.6 Å². The summed E-state index contributed by atoms with van der Waals surface area (Å²) in [6, 6.07) is 3.60. The second-order valence-corrected chi connectivity index (χ2v) is 11.1. The number of amides is 2. The van der Waals surface area contributed by atoms with Crippen LogP contribution in [0.2, 0.25) is 5.02 Å². The van der Waals surface area contributed by atoms with Gasteiger partial charge in [-0.3, -0.25) is 20.4 Å². The lowest BCUT2D eigenvalue weighted by Crippen LogP contribution is -2.44. The molecule has 2 aromatic carbocycles. The highest BCUT2D eigenvalue weighted by atomic mass is 35.5. The third-order valence-electron chi connectivity index (χ3n) is 5.49.